The predicted octanol–water partition coefficient (Wildman–Crippen LogP) is 20.5. The summed E-state index contributed by atoms with van der Waals surface area (Å²) in [7, 11) is 0. The SMILES string of the molecule is c1cc(-c2cc(-c3ccc(-n4c5ccccc5c5c6c(ccc54)oc4ccccc46)cc3)nc(-c3ccc(-n4c5ccccc5c5c6c(ccc54)oc4ccccc46)cc3)n2)cc(-n2c3ccccc3c3c4c(ccc32)oc2ccccc24)c1. The number of benzene rings is 12. The van der Waals surface area contributed by atoms with Gasteiger partial charge >= 0.3 is 0 Å². The molecule has 84 heavy (non-hydrogen) atoms. The van der Waals surface area contributed by atoms with Crippen molar-refractivity contribution in [2.45, 2.75) is 0 Å². The summed E-state index contributed by atoms with van der Waals surface area (Å²) in [6.07, 6.45) is 0. The van der Waals surface area contributed by atoms with Gasteiger partial charge in [0.25, 0.3) is 0 Å². The molecule has 0 radical (unpaired) electrons. The maximum Gasteiger partial charge on any atom is 0.160 e. The molecule has 0 atom stereocenters. The Bertz CT molecular complexity index is 5740. The van der Waals surface area contributed by atoms with Crippen LogP contribution in [0.2, 0.25) is 0 Å². The Hall–Kier alpha value is -11.5. The van der Waals surface area contributed by atoms with E-state index in [1.165, 1.54) is 32.3 Å². The first kappa shape index (κ1) is 45.3. The Morgan fingerprint density at radius 1 is 0.226 bits per heavy atom. The van der Waals surface area contributed by atoms with Crippen molar-refractivity contribution >= 4 is 131 Å². The van der Waals surface area contributed by atoms with Gasteiger partial charge in [0.1, 0.15) is 33.5 Å². The molecule has 0 aliphatic rings. The number of rotatable bonds is 6. The van der Waals surface area contributed by atoms with Crippen LogP contribution in [0.1, 0.15) is 0 Å². The van der Waals surface area contributed by atoms with E-state index in [2.05, 4.69) is 238 Å². The molecule has 0 spiro atoms. The molecule has 0 saturated carbocycles. The van der Waals surface area contributed by atoms with E-state index in [0.717, 1.165) is 144 Å². The van der Waals surface area contributed by atoms with Crippen LogP contribution in [0.4, 0.5) is 0 Å². The minimum absolute atomic E-state index is 0.627. The first-order valence-corrected chi connectivity index (χ1v) is 28.4. The van der Waals surface area contributed by atoms with Gasteiger partial charge < -0.3 is 27.0 Å². The van der Waals surface area contributed by atoms with Gasteiger partial charge in [0.15, 0.2) is 5.82 Å². The molecule has 8 nitrogen and oxygen atoms in total. The average Bonchev–Trinajstić information content (AvgIpc) is 3.78. The number of hydrogen-bond donors (Lipinski definition) is 0. The summed E-state index contributed by atoms with van der Waals surface area (Å²) in [5.41, 5.74) is 19.6. The van der Waals surface area contributed by atoms with E-state index in [1.54, 1.807) is 0 Å². The molecule has 0 N–H and O–H groups in total. The zero-order valence-electron chi connectivity index (χ0n) is 44.8. The summed E-state index contributed by atoms with van der Waals surface area (Å²) in [6.45, 7) is 0. The van der Waals surface area contributed by atoms with E-state index >= 15 is 0 Å². The van der Waals surface area contributed by atoms with Crippen LogP contribution in [0.3, 0.4) is 0 Å². The summed E-state index contributed by atoms with van der Waals surface area (Å²) >= 11 is 0. The minimum Gasteiger partial charge on any atom is -0.456 e. The highest BCUT2D eigenvalue weighted by atomic mass is 16.3. The van der Waals surface area contributed by atoms with Crippen LogP contribution in [-0.2, 0) is 0 Å². The topological polar surface area (TPSA) is 80.0 Å². The second-order valence-corrected chi connectivity index (χ2v) is 22.0. The lowest BCUT2D eigenvalue weighted by Gasteiger charge is -2.13. The van der Waals surface area contributed by atoms with Crippen molar-refractivity contribution in [1.29, 1.82) is 0 Å². The third-order valence-corrected chi connectivity index (χ3v) is 17.5. The van der Waals surface area contributed by atoms with Crippen LogP contribution in [0.25, 0.3) is 182 Å². The third-order valence-electron chi connectivity index (χ3n) is 17.5. The van der Waals surface area contributed by atoms with Crippen molar-refractivity contribution in [2.24, 2.45) is 0 Å². The van der Waals surface area contributed by atoms with Crippen LogP contribution in [-0.4, -0.2) is 23.7 Å². The van der Waals surface area contributed by atoms with Crippen LogP contribution in [0, 0.1) is 0 Å². The second kappa shape index (κ2) is 17.0. The predicted molar refractivity (Wildman–Crippen MR) is 343 cm³/mol. The molecule has 0 amide bonds. The van der Waals surface area contributed by atoms with Crippen LogP contribution < -0.4 is 0 Å². The van der Waals surface area contributed by atoms with Crippen molar-refractivity contribution < 1.29 is 13.3 Å². The standard InChI is InChI=1S/C76H43N5O3/c1-7-22-58-50(16-1)70-61(36-39-67-73(70)53-19-4-10-25-64(53)82-67)79(58)47-32-28-44(29-33-47)56-43-57(46-14-13-15-49(42-46)81-60-24-9-3-18-52(60)72-63(81)38-41-69-75(72)55-21-6-12-27-66(55)84-69)78-76(77-56)45-30-34-48(35-31-45)80-59-23-8-2-17-51(59)71-62(80)37-40-68-74(71)54-20-5-11-26-65(54)83-68/h1-43H. The normalized spacial score (nSPS) is 12.3. The Labute approximate surface area is 477 Å². The van der Waals surface area contributed by atoms with E-state index < -0.39 is 0 Å². The largest absolute Gasteiger partial charge is 0.456 e. The van der Waals surface area contributed by atoms with Crippen LogP contribution in [0.15, 0.2) is 274 Å². The zero-order valence-corrected chi connectivity index (χ0v) is 44.8. The molecule has 0 bridgehead atoms. The van der Waals surface area contributed by atoms with Gasteiger partial charge in [0, 0.05) is 98.4 Å². The highest BCUT2D eigenvalue weighted by Gasteiger charge is 2.23. The molecule has 390 valence electrons. The fourth-order valence-corrected chi connectivity index (χ4v) is 13.9. The van der Waals surface area contributed by atoms with Gasteiger partial charge in [0.2, 0.25) is 0 Å². The van der Waals surface area contributed by atoms with Gasteiger partial charge in [-0.1, -0.05) is 133 Å². The van der Waals surface area contributed by atoms with E-state index in [1.807, 2.05) is 36.4 Å². The molecule has 0 aliphatic heterocycles. The summed E-state index contributed by atoms with van der Waals surface area (Å²) < 4.78 is 26.3. The number of nitrogens with zero attached hydrogens (tertiary/aromatic N) is 5. The fraction of sp³-hybridized carbons (Fsp3) is 0. The van der Waals surface area contributed by atoms with Crippen LogP contribution in [0.5, 0.6) is 0 Å². The Morgan fingerprint density at radius 2 is 0.595 bits per heavy atom. The molecule has 19 rings (SSSR count). The minimum atomic E-state index is 0.627. The van der Waals surface area contributed by atoms with Crippen molar-refractivity contribution in [1.82, 2.24) is 23.7 Å². The van der Waals surface area contributed by atoms with E-state index in [4.69, 9.17) is 23.2 Å². The number of para-hydroxylation sites is 6. The molecule has 7 aromatic heterocycles. The fourth-order valence-electron chi connectivity index (χ4n) is 13.9. The Balaban J connectivity index is 0.778. The summed E-state index contributed by atoms with van der Waals surface area (Å²) in [4.78, 5) is 10.9. The van der Waals surface area contributed by atoms with Crippen molar-refractivity contribution in [3.8, 4) is 51.0 Å². The zero-order chi connectivity index (χ0) is 54.7. The number of furan rings is 3. The monoisotopic (exact) mass is 1070 g/mol. The number of hydrogen-bond acceptors (Lipinski definition) is 5. The molecule has 12 aromatic carbocycles. The summed E-state index contributed by atoms with van der Waals surface area (Å²) in [5.74, 6) is 0.627. The molecular weight excluding hydrogens is 1030 g/mol. The maximum absolute atomic E-state index is 6.43. The van der Waals surface area contributed by atoms with Gasteiger partial charge in [0.05, 0.1) is 44.5 Å². The average molecular weight is 1070 g/mol. The molecule has 0 fully saturated rings. The first-order chi connectivity index (χ1) is 41.6. The molecule has 7 heterocycles. The summed E-state index contributed by atoms with van der Waals surface area (Å²) in [6, 6.07) is 92.3. The lowest BCUT2D eigenvalue weighted by atomic mass is 10.0. The smallest absolute Gasteiger partial charge is 0.160 e. The highest BCUT2D eigenvalue weighted by molar-refractivity contribution is 6.30. The van der Waals surface area contributed by atoms with Gasteiger partial charge in [-0.3, -0.25) is 0 Å². The Kier molecular flexibility index (Phi) is 9.18. The van der Waals surface area contributed by atoms with Crippen molar-refractivity contribution in [2.75, 3.05) is 0 Å². The quantitative estimate of drug-likeness (QED) is 0.166. The van der Waals surface area contributed by atoms with E-state index in [0.29, 0.717) is 5.82 Å². The number of aromatic nitrogens is 5. The van der Waals surface area contributed by atoms with Gasteiger partial charge in [-0.25, -0.2) is 9.97 Å². The molecule has 19 aromatic rings. The first-order valence-electron chi connectivity index (χ1n) is 28.4. The molecular formula is C76H43N5O3. The molecule has 0 saturated heterocycles. The maximum atomic E-state index is 6.43. The lowest BCUT2D eigenvalue weighted by Crippen LogP contribution is -1.99. The highest BCUT2D eigenvalue weighted by Crippen LogP contribution is 2.45. The van der Waals surface area contributed by atoms with Gasteiger partial charge in [-0.2, -0.15) is 0 Å². The second-order valence-electron chi connectivity index (χ2n) is 22.0. The van der Waals surface area contributed by atoms with E-state index in [9.17, 15) is 0 Å². The third kappa shape index (κ3) is 6.36. The molecule has 0 aliphatic carbocycles. The van der Waals surface area contributed by atoms with Crippen molar-refractivity contribution in [3.05, 3.63) is 261 Å². The molecule has 8 heteroatoms. The number of fused-ring (bicyclic) bond motifs is 21. The summed E-state index contributed by atoms with van der Waals surface area (Å²) in [5, 5.41) is 13.8. The van der Waals surface area contributed by atoms with E-state index in [-0.39, 0.29) is 0 Å². The Morgan fingerprint density at radius 3 is 1.04 bits per heavy atom. The van der Waals surface area contributed by atoms with Gasteiger partial charge in [-0.05, 0) is 127 Å². The van der Waals surface area contributed by atoms with Crippen molar-refractivity contribution in [3.63, 3.8) is 0 Å². The lowest BCUT2D eigenvalue weighted by molar-refractivity contribution is 0.669. The van der Waals surface area contributed by atoms with Gasteiger partial charge in [-0.15, -0.1) is 0 Å². The van der Waals surface area contributed by atoms with Crippen LogP contribution >= 0.6 is 0 Å². The molecule has 0 unspecified atom stereocenters.